The number of nitrogens with one attached hydrogen (secondary N) is 4. The normalized spacial score (nSPS) is 14.5. The largest absolute Gasteiger partial charge is 0.445 e. The predicted octanol–water partition coefficient (Wildman–Crippen LogP) is 4.81. The minimum atomic E-state index is -0.837. The number of likely N-dealkylation sites (tertiary alicyclic amines) is 1. The lowest BCUT2D eigenvalue weighted by molar-refractivity contribution is -0.137. The van der Waals surface area contributed by atoms with E-state index in [1.54, 1.807) is 33.7 Å². The molecule has 356 valence electrons. The van der Waals surface area contributed by atoms with Crippen molar-refractivity contribution in [3.05, 3.63) is 96.4 Å². The number of anilines is 1. The Bertz CT molecular complexity index is 2670. The molecule has 0 unspecified atom stereocenters. The average molecular weight is 929 g/mol. The number of rotatable bonds is 22. The van der Waals surface area contributed by atoms with Crippen molar-refractivity contribution in [1.82, 2.24) is 50.0 Å². The van der Waals surface area contributed by atoms with Crippen LogP contribution in [0.5, 0.6) is 0 Å². The summed E-state index contributed by atoms with van der Waals surface area (Å²) in [6.07, 6.45) is 7.63. The van der Waals surface area contributed by atoms with Crippen molar-refractivity contribution < 1.29 is 38.3 Å². The fraction of sp³-hybridized carbons (Fsp3) is 0.396. The fourth-order valence-corrected chi connectivity index (χ4v) is 8.09. The second-order valence-electron chi connectivity index (χ2n) is 17.4. The van der Waals surface area contributed by atoms with E-state index in [-0.39, 0.29) is 74.3 Å². The van der Waals surface area contributed by atoms with Crippen LogP contribution >= 0.6 is 0 Å². The molecule has 2 aliphatic heterocycles. The van der Waals surface area contributed by atoms with Gasteiger partial charge in [-0.2, -0.15) is 5.10 Å². The van der Waals surface area contributed by atoms with Gasteiger partial charge in [0, 0.05) is 80.2 Å². The lowest BCUT2D eigenvalue weighted by Crippen LogP contribution is -2.49. The van der Waals surface area contributed by atoms with Crippen molar-refractivity contribution >= 4 is 52.9 Å². The third-order valence-corrected chi connectivity index (χ3v) is 11.9. The van der Waals surface area contributed by atoms with Crippen LogP contribution < -0.4 is 21.7 Å². The number of ether oxygens (including phenoxy) is 1. The molecular weight excluding hydrogens is 873 g/mol. The number of aromatic nitrogens is 6. The summed E-state index contributed by atoms with van der Waals surface area (Å²) in [4.78, 5) is 108. The summed E-state index contributed by atoms with van der Waals surface area (Å²) < 4.78 is 7.33. The Labute approximate surface area is 392 Å². The smallest absolute Gasteiger partial charge is 0.410 e. The van der Waals surface area contributed by atoms with E-state index in [1.807, 2.05) is 57.3 Å². The third-order valence-electron chi connectivity index (χ3n) is 11.9. The average Bonchev–Trinajstić information content (AvgIpc) is 4.04. The van der Waals surface area contributed by atoms with Crippen molar-refractivity contribution in [3.63, 3.8) is 0 Å². The van der Waals surface area contributed by atoms with Gasteiger partial charge >= 0.3 is 12.1 Å². The van der Waals surface area contributed by atoms with E-state index in [0.29, 0.717) is 61.4 Å². The Morgan fingerprint density at radius 2 is 1.69 bits per heavy atom. The number of H-pyrrole nitrogens is 1. The van der Waals surface area contributed by atoms with Crippen LogP contribution in [-0.4, -0.2) is 113 Å². The monoisotopic (exact) mass is 928 g/mol. The number of benzene rings is 1. The molecule has 20 nitrogen and oxygen atoms in total. The molecule has 2 aliphatic rings. The number of aromatic amines is 1. The zero-order valence-electron chi connectivity index (χ0n) is 38.3. The molecule has 4 aromatic heterocycles. The topological polar surface area (TPSA) is 269 Å². The van der Waals surface area contributed by atoms with E-state index in [2.05, 4.69) is 31.0 Å². The van der Waals surface area contributed by atoms with Crippen molar-refractivity contribution in [3.8, 4) is 22.6 Å². The second kappa shape index (κ2) is 22.1. The van der Waals surface area contributed by atoms with Crippen LogP contribution in [0.2, 0.25) is 0 Å². The first-order valence-corrected chi connectivity index (χ1v) is 22.8. The van der Waals surface area contributed by atoms with Crippen LogP contribution in [-0.2, 0) is 35.3 Å². The van der Waals surface area contributed by atoms with Crippen LogP contribution in [0.3, 0.4) is 0 Å². The number of pyridine rings is 2. The lowest BCUT2D eigenvalue weighted by Gasteiger charge is -2.37. The Morgan fingerprint density at radius 3 is 2.41 bits per heavy atom. The molecule has 7 rings (SSSR count). The molecule has 6 heterocycles. The minimum absolute atomic E-state index is 0.00228. The van der Waals surface area contributed by atoms with E-state index in [4.69, 9.17) is 20.4 Å². The summed E-state index contributed by atoms with van der Waals surface area (Å²) in [5.41, 5.74) is 11.0. The first-order chi connectivity index (χ1) is 32.7. The van der Waals surface area contributed by atoms with Gasteiger partial charge in [-0.3, -0.25) is 33.9 Å². The number of imide groups is 1. The number of amides is 7. The number of imidazole rings is 1. The molecule has 5 aromatic rings. The predicted molar refractivity (Wildman–Crippen MR) is 249 cm³/mol. The maximum Gasteiger partial charge on any atom is 0.410 e. The van der Waals surface area contributed by atoms with Gasteiger partial charge in [0.05, 0.1) is 29.0 Å². The second-order valence-corrected chi connectivity index (χ2v) is 17.4. The molecule has 1 fully saturated rings. The van der Waals surface area contributed by atoms with Crippen molar-refractivity contribution in [2.45, 2.75) is 84.3 Å². The van der Waals surface area contributed by atoms with E-state index < -0.39 is 30.0 Å². The number of carbonyl (C=O) groups is 7. The zero-order valence-corrected chi connectivity index (χ0v) is 38.3. The van der Waals surface area contributed by atoms with E-state index >= 15 is 0 Å². The maximum absolute atomic E-state index is 13.7. The zero-order chi connectivity index (χ0) is 48.3. The number of unbranched alkanes of at least 4 members (excludes halogenated alkanes) is 2. The van der Waals surface area contributed by atoms with Gasteiger partial charge in [-0.1, -0.05) is 38.5 Å². The van der Waals surface area contributed by atoms with E-state index in [9.17, 15) is 33.6 Å². The number of ketones is 1. The number of urea groups is 1. The highest BCUT2D eigenvalue weighted by atomic mass is 16.6. The van der Waals surface area contributed by atoms with Gasteiger partial charge in [-0.15, -0.1) is 0 Å². The summed E-state index contributed by atoms with van der Waals surface area (Å²) in [7, 11) is 0. The standard InChI is InChI=1S/C48H56N12O8/c1-29(2)42(55-39(62)12-5-4-6-22-59-40(63)19-20-41(59)64)37(61)23-32(10-8-21-50-47(49)66)46(65)54-35-16-13-31(14-17-35)27-68-48(67)58-24-34(25-58)45-56-43(33-15-18-38-51-28-52-60(38)26-33)44(57-45)36-11-7-9-30(3)53-36/h7,9,11,13-20,26,28-29,32,34,42H,4-6,8,10,12,21-25,27H2,1-3H3,(H,54,65)(H,55,62)(H,56,57)(H3,49,50,66)/t32-,42+/m1/s1. The quantitative estimate of drug-likeness (QED) is 0.0462. The SMILES string of the molecule is Cc1cccc(-c2[nH]c(C3CN(C(=O)OCc4ccc(NC(=O)[C@H](CCCNC(N)=O)CC(=O)[C@@H](NC(=O)CCCCCN5C(=O)C=CC5=O)C(C)C)cc4)C3)nc2-c2ccc3ncnn3c2)n1. The fourth-order valence-electron chi connectivity index (χ4n) is 8.09. The molecule has 0 spiro atoms. The number of hydrogen-bond donors (Lipinski definition) is 5. The van der Waals surface area contributed by atoms with Crippen molar-refractivity contribution in [2.24, 2.45) is 17.6 Å². The summed E-state index contributed by atoms with van der Waals surface area (Å²) in [6, 6.07) is 14.9. The Balaban J connectivity index is 0.893. The van der Waals surface area contributed by atoms with Gasteiger partial charge in [-0.25, -0.2) is 24.1 Å². The van der Waals surface area contributed by atoms with Gasteiger partial charge in [0.25, 0.3) is 11.8 Å². The van der Waals surface area contributed by atoms with Gasteiger partial charge in [0.1, 0.15) is 18.8 Å². The van der Waals surface area contributed by atoms with Gasteiger partial charge in [0.2, 0.25) is 11.8 Å². The van der Waals surface area contributed by atoms with Crippen LogP contribution in [0.25, 0.3) is 28.3 Å². The van der Waals surface area contributed by atoms with Gasteiger partial charge in [0.15, 0.2) is 11.4 Å². The summed E-state index contributed by atoms with van der Waals surface area (Å²) in [6.45, 7) is 6.83. The van der Waals surface area contributed by atoms with E-state index in [1.165, 1.54) is 18.5 Å². The molecule has 0 radical (unpaired) electrons. The molecule has 0 aliphatic carbocycles. The Kier molecular flexibility index (Phi) is 15.7. The molecule has 68 heavy (non-hydrogen) atoms. The van der Waals surface area contributed by atoms with Crippen LogP contribution in [0, 0.1) is 18.8 Å². The Hall–Kier alpha value is -7.77. The van der Waals surface area contributed by atoms with Crippen LogP contribution in [0.15, 0.2) is 79.3 Å². The number of hydrogen-bond acceptors (Lipinski definition) is 12. The molecule has 1 aromatic carbocycles. The molecule has 1 saturated heterocycles. The number of fused-ring (bicyclic) bond motifs is 1. The molecule has 6 N–H and O–H groups in total. The summed E-state index contributed by atoms with van der Waals surface area (Å²) in [5, 5.41) is 12.5. The van der Waals surface area contributed by atoms with Crippen molar-refractivity contribution in [1.29, 1.82) is 0 Å². The highest BCUT2D eigenvalue weighted by Crippen LogP contribution is 2.34. The molecule has 20 heteroatoms. The summed E-state index contributed by atoms with van der Waals surface area (Å²) >= 11 is 0. The van der Waals surface area contributed by atoms with Crippen molar-refractivity contribution in [2.75, 3.05) is 31.5 Å². The highest BCUT2D eigenvalue weighted by molar-refractivity contribution is 6.12. The van der Waals surface area contributed by atoms with Gasteiger partial charge in [-0.05, 0) is 80.5 Å². The molecular formula is C48H56N12O8. The number of carbonyl (C=O) groups excluding carboxylic acids is 7. The number of nitrogens with zero attached hydrogens (tertiary/aromatic N) is 7. The lowest BCUT2D eigenvalue weighted by atomic mass is 9.89. The molecule has 0 saturated carbocycles. The first-order valence-electron chi connectivity index (χ1n) is 22.8. The molecule has 2 atom stereocenters. The molecule has 7 amide bonds. The number of Topliss-reactive ketones (excluding diaryl/α,β-unsaturated/α-hetero) is 1. The minimum Gasteiger partial charge on any atom is -0.445 e. The third kappa shape index (κ3) is 12.4. The Morgan fingerprint density at radius 1 is 0.926 bits per heavy atom. The van der Waals surface area contributed by atoms with E-state index in [0.717, 1.165) is 33.4 Å². The first kappa shape index (κ1) is 48.2. The summed E-state index contributed by atoms with van der Waals surface area (Å²) in [5.74, 6) is -2.10. The van der Waals surface area contributed by atoms with Crippen LogP contribution in [0.1, 0.15) is 81.8 Å². The number of primary amides is 1. The van der Waals surface area contributed by atoms with Gasteiger partial charge < -0.3 is 36.3 Å². The maximum atomic E-state index is 13.7. The van der Waals surface area contributed by atoms with Crippen LogP contribution in [0.4, 0.5) is 15.3 Å². The highest BCUT2D eigenvalue weighted by Gasteiger charge is 2.36. The molecule has 0 bridgehead atoms. The number of aryl methyl sites for hydroxylation is 1. The number of nitrogens with two attached hydrogens (primary N) is 1.